The third-order valence-electron chi connectivity index (χ3n) is 1.71. The maximum Gasteiger partial charge on any atom is 0.334 e. The number of carboxylic acids is 1. The monoisotopic (exact) mass is 221 g/mol. The topological polar surface area (TPSA) is 72.5 Å². The van der Waals surface area contributed by atoms with E-state index in [1.54, 1.807) is 25.6 Å². The van der Waals surface area contributed by atoms with Gasteiger partial charge in [0, 0.05) is 6.04 Å². The first-order chi connectivity index (χ1) is 6.49. The summed E-state index contributed by atoms with van der Waals surface area (Å²) in [5, 5.41) is 8.88. The van der Waals surface area contributed by atoms with Crippen molar-refractivity contribution >= 4 is 17.7 Å². The Morgan fingerprint density at radius 1 is 1.57 bits per heavy atom. The minimum absolute atomic E-state index is 0.114. The van der Waals surface area contributed by atoms with Gasteiger partial charge in [0.05, 0.1) is 6.10 Å². The van der Waals surface area contributed by atoms with Gasteiger partial charge in [-0.15, -0.1) is 0 Å². The molecule has 0 rings (SSSR count). The number of nitrogens with two attached hydrogens (primary N) is 1. The van der Waals surface area contributed by atoms with Crippen molar-refractivity contribution in [2.24, 2.45) is 5.73 Å². The molecule has 2 atom stereocenters. The van der Waals surface area contributed by atoms with Crippen molar-refractivity contribution in [1.82, 2.24) is 0 Å². The van der Waals surface area contributed by atoms with Crippen molar-refractivity contribution in [3.8, 4) is 0 Å². The highest BCUT2D eigenvalue weighted by atomic mass is 32.2. The average molecular weight is 221 g/mol. The Kier molecular flexibility index (Phi) is 6.96. The summed E-state index contributed by atoms with van der Waals surface area (Å²) >= 11 is 1.65. The van der Waals surface area contributed by atoms with E-state index in [-0.39, 0.29) is 6.10 Å². The van der Waals surface area contributed by atoms with Crippen LogP contribution >= 0.6 is 11.8 Å². The van der Waals surface area contributed by atoms with E-state index in [1.165, 1.54) is 0 Å². The molecular weight excluding hydrogens is 202 g/mol. The Morgan fingerprint density at radius 3 is 2.50 bits per heavy atom. The van der Waals surface area contributed by atoms with E-state index in [4.69, 9.17) is 15.6 Å². The number of hydrogen-bond donors (Lipinski definition) is 2. The van der Waals surface area contributed by atoms with E-state index in [9.17, 15) is 4.79 Å². The Labute approximate surface area is 89.2 Å². The van der Waals surface area contributed by atoms with Gasteiger partial charge in [-0.1, -0.05) is 0 Å². The second-order valence-electron chi connectivity index (χ2n) is 3.39. The lowest BCUT2D eigenvalue weighted by molar-refractivity contribution is -0.154. The summed E-state index contributed by atoms with van der Waals surface area (Å²) in [5.41, 5.74) is 5.73. The van der Waals surface area contributed by atoms with Crippen molar-refractivity contribution in [2.45, 2.75) is 38.5 Å². The van der Waals surface area contributed by atoms with Crippen LogP contribution in [0.1, 0.15) is 20.3 Å². The van der Waals surface area contributed by atoms with E-state index >= 15 is 0 Å². The molecule has 5 heteroatoms. The average Bonchev–Trinajstić information content (AvgIpc) is 2.09. The van der Waals surface area contributed by atoms with E-state index in [0.29, 0.717) is 6.42 Å². The molecule has 0 radical (unpaired) electrons. The molecule has 0 amide bonds. The number of carboxylic acid groups (broad SMARTS) is 1. The summed E-state index contributed by atoms with van der Waals surface area (Å²) in [4.78, 5) is 10.8. The maximum atomic E-state index is 10.8. The molecule has 0 aromatic heterocycles. The largest absolute Gasteiger partial charge is 0.479 e. The smallest absolute Gasteiger partial charge is 0.334 e. The van der Waals surface area contributed by atoms with Gasteiger partial charge in [0.15, 0.2) is 6.10 Å². The molecule has 0 aliphatic rings. The van der Waals surface area contributed by atoms with Crippen molar-refractivity contribution in [3.05, 3.63) is 0 Å². The van der Waals surface area contributed by atoms with Crippen LogP contribution in [-0.2, 0) is 9.53 Å². The van der Waals surface area contributed by atoms with Crippen LogP contribution in [0.5, 0.6) is 0 Å². The van der Waals surface area contributed by atoms with Gasteiger partial charge < -0.3 is 15.6 Å². The van der Waals surface area contributed by atoms with E-state index in [2.05, 4.69) is 0 Å². The van der Waals surface area contributed by atoms with Gasteiger partial charge in [0.1, 0.15) is 0 Å². The first-order valence-electron chi connectivity index (χ1n) is 4.61. The van der Waals surface area contributed by atoms with Crippen LogP contribution in [0.3, 0.4) is 0 Å². The molecule has 3 N–H and O–H groups in total. The van der Waals surface area contributed by atoms with Crippen LogP contribution in [0.15, 0.2) is 0 Å². The first kappa shape index (κ1) is 13.7. The van der Waals surface area contributed by atoms with Gasteiger partial charge in [-0.3, -0.25) is 0 Å². The Bertz CT molecular complexity index is 175. The molecule has 0 saturated heterocycles. The lowest BCUT2D eigenvalue weighted by atomic mass is 10.1. The summed E-state index contributed by atoms with van der Waals surface area (Å²) in [6.07, 6.45) is 1.62. The zero-order chi connectivity index (χ0) is 11.1. The van der Waals surface area contributed by atoms with Crippen LogP contribution < -0.4 is 5.73 Å². The molecule has 0 bridgehead atoms. The minimum Gasteiger partial charge on any atom is -0.479 e. The van der Waals surface area contributed by atoms with Gasteiger partial charge >= 0.3 is 5.97 Å². The molecular formula is C9H19NO3S. The molecule has 0 fully saturated rings. The Morgan fingerprint density at radius 2 is 2.14 bits per heavy atom. The van der Waals surface area contributed by atoms with Gasteiger partial charge in [0.25, 0.3) is 0 Å². The zero-order valence-corrected chi connectivity index (χ0v) is 9.71. The van der Waals surface area contributed by atoms with E-state index in [0.717, 1.165) is 5.75 Å². The maximum absolute atomic E-state index is 10.8. The lowest BCUT2D eigenvalue weighted by Gasteiger charge is -2.22. The summed E-state index contributed by atoms with van der Waals surface area (Å²) in [7, 11) is 0. The summed E-state index contributed by atoms with van der Waals surface area (Å²) in [6, 6.07) is -0.428. The molecule has 0 aliphatic carbocycles. The van der Waals surface area contributed by atoms with Crippen molar-refractivity contribution in [2.75, 3.05) is 12.0 Å². The molecule has 0 heterocycles. The number of ether oxygens (including phenoxy) is 1. The molecule has 0 aromatic rings. The van der Waals surface area contributed by atoms with Crippen molar-refractivity contribution in [3.63, 3.8) is 0 Å². The molecule has 4 nitrogen and oxygen atoms in total. The molecule has 0 spiro atoms. The predicted octanol–water partition coefficient (Wildman–Crippen LogP) is 0.945. The quantitative estimate of drug-likeness (QED) is 0.669. The number of carbonyl (C=O) groups is 1. The Balaban J connectivity index is 4.11. The molecule has 84 valence electrons. The molecule has 0 aliphatic heterocycles. The summed E-state index contributed by atoms with van der Waals surface area (Å²) in [5.74, 6) is -0.126. The minimum atomic E-state index is -0.979. The number of hydrogen-bond acceptors (Lipinski definition) is 4. The van der Waals surface area contributed by atoms with Crippen LogP contribution in [0.2, 0.25) is 0 Å². The van der Waals surface area contributed by atoms with Crippen LogP contribution in [0.4, 0.5) is 0 Å². The lowest BCUT2D eigenvalue weighted by Crippen LogP contribution is -2.44. The number of aliphatic carboxylic acids is 1. The molecule has 0 aromatic carbocycles. The molecule has 0 saturated carbocycles. The van der Waals surface area contributed by atoms with E-state index in [1.807, 2.05) is 6.26 Å². The standard InChI is InChI=1S/C9H19NO3S/c1-6(2)13-8(9(11)12)7(10)4-5-14-3/h6-8H,4-5,10H2,1-3H3,(H,11,12)/t7-,8?/m1/s1. The SMILES string of the molecule is CSCC[C@@H](N)C(OC(C)C)C(=O)O. The van der Waals surface area contributed by atoms with Crippen molar-refractivity contribution < 1.29 is 14.6 Å². The highest BCUT2D eigenvalue weighted by molar-refractivity contribution is 7.98. The summed E-state index contributed by atoms with van der Waals surface area (Å²) in [6.45, 7) is 3.61. The third-order valence-corrected chi connectivity index (χ3v) is 2.35. The zero-order valence-electron chi connectivity index (χ0n) is 8.90. The second-order valence-corrected chi connectivity index (χ2v) is 4.37. The number of thioether (sulfide) groups is 1. The normalized spacial score (nSPS) is 15.5. The van der Waals surface area contributed by atoms with Gasteiger partial charge in [-0.25, -0.2) is 4.79 Å². The molecule has 14 heavy (non-hydrogen) atoms. The summed E-state index contributed by atoms with van der Waals surface area (Å²) < 4.78 is 5.24. The molecule has 1 unspecified atom stereocenters. The second kappa shape index (κ2) is 7.09. The van der Waals surface area contributed by atoms with Crippen LogP contribution in [-0.4, -0.2) is 41.3 Å². The fourth-order valence-corrected chi connectivity index (χ4v) is 1.55. The highest BCUT2D eigenvalue weighted by Crippen LogP contribution is 2.08. The fraction of sp³-hybridized carbons (Fsp3) is 0.889. The first-order valence-corrected chi connectivity index (χ1v) is 6.01. The van der Waals surface area contributed by atoms with Gasteiger partial charge in [-0.05, 0) is 32.3 Å². The van der Waals surface area contributed by atoms with Gasteiger partial charge in [0.2, 0.25) is 0 Å². The van der Waals surface area contributed by atoms with Crippen LogP contribution in [0.25, 0.3) is 0 Å². The Hall–Kier alpha value is -0.260. The fourth-order valence-electron chi connectivity index (χ4n) is 1.04. The number of rotatable bonds is 7. The van der Waals surface area contributed by atoms with Gasteiger partial charge in [-0.2, -0.15) is 11.8 Å². The predicted molar refractivity (Wildman–Crippen MR) is 58.6 cm³/mol. The van der Waals surface area contributed by atoms with Crippen molar-refractivity contribution in [1.29, 1.82) is 0 Å². The third kappa shape index (κ3) is 5.47. The van der Waals surface area contributed by atoms with Crippen LogP contribution in [0, 0.1) is 0 Å². The van der Waals surface area contributed by atoms with E-state index < -0.39 is 18.1 Å². The highest BCUT2D eigenvalue weighted by Gasteiger charge is 2.26.